The number of nitrogens with zero attached hydrogens (tertiary/aromatic N) is 3. The predicted molar refractivity (Wildman–Crippen MR) is 115 cm³/mol. The second-order valence-corrected chi connectivity index (χ2v) is 8.83. The van der Waals surface area contributed by atoms with E-state index in [0.717, 1.165) is 12.8 Å². The van der Waals surface area contributed by atoms with Crippen LogP contribution in [0.4, 0.5) is 19.2 Å². The van der Waals surface area contributed by atoms with Crippen LogP contribution in [0.15, 0.2) is 29.0 Å². The molecule has 0 spiro atoms. The maximum atomic E-state index is 13.1. The average molecular weight is 480 g/mol. The lowest BCUT2D eigenvalue weighted by Crippen LogP contribution is -2.44. The molecule has 1 saturated carbocycles. The summed E-state index contributed by atoms with van der Waals surface area (Å²) >= 11 is 0. The highest BCUT2D eigenvalue weighted by atomic mass is 19.4. The lowest BCUT2D eigenvalue weighted by Gasteiger charge is -2.33. The van der Waals surface area contributed by atoms with Crippen LogP contribution in [0.5, 0.6) is 5.75 Å². The van der Waals surface area contributed by atoms with Gasteiger partial charge >= 0.3 is 12.2 Å². The first kappa shape index (κ1) is 24.0. The Balaban J connectivity index is 1.35. The number of pyridine rings is 1. The zero-order valence-corrected chi connectivity index (χ0v) is 18.8. The number of ether oxygens (including phenoxy) is 1. The number of nitrogens with one attached hydrogen (secondary N) is 1. The number of oxazole rings is 1. The number of amides is 2. The molecule has 4 rings (SSSR count). The Morgan fingerprint density at radius 2 is 2.00 bits per heavy atom. The average Bonchev–Trinajstić information content (AvgIpc) is 3.45. The summed E-state index contributed by atoms with van der Waals surface area (Å²) in [7, 11) is 0. The third-order valence-corrected chi connectivity index (χ3v) is 6.46. The van der Waals surface area contributed by atoms with E-state index < -0.39 is 18.0 Å². The van der Waals surface area contributed by atoms with Crippen molar-refractivity contribution < 1.29 is 31.9 Å². The number of alkyl halides is 3. The third kappa shape index (κ3) is 5.51. The van der Waals surface area contributed by atoms with Crippen molar-refractivity contribution in [3.05, 3.63) is 36.0 Å². The molecule has 2 fully saturated rings. The summed E-state index contributed by atoms with van der Waals surface area (Å²) in [6, 6.07) is 3.09. The van der Waals surface area contributed by atoms with Crippen LogP contribution in [0.1, 0.15) is 54.7 Å². The first-order chi connectivity index (χ1) is 16.2. The molecule has 184 valence electrons. The monoisotopic (exact) mass is 480 g/mol. The molecule has 1 N–H and O–H groups in total. The molecule has 2 aromatic heterocycles. The van der Waals surface area contributed by atoms with Gasteiger partial charge in [-0.05, 0) is 57.6 Å². The largest absolute Gasteiger partial charge is 0.489 e. The quantitative estimate of drug-likeness (QED) is 0.660. The number of likely N-dealkylation sites (tertiary alicyclic amines) is 1. The van der Waals surface area contributed by atoms with Crippen molar-refractivity contribution in [1.82, 2.24) is 14.9 Å². The number of aromatic nitrogens is 2. The molecule has 0 bridgehead atoms. The number of carbonyl (C=O) groups excluding carboxylic acids is 2. The van der Waals surface area contributed by atoms with E-state index in [0.29, 0.717) is 12.2 Å². The van der Waals surface area contributed by atoms with Gasteiger partial charge in [0.05, 0.1) is 17.7 Å². The molecule has 1 unspecified atom stereocenters. The zero-order chi connectivity index (χ0) is 24.3. The second-order valence-electron chi connectivity index (χ2n) is 8.83. The summed E-state index contributed by atoms with van der Waals surface area (Å²) in [6.45, 7) is 2.44. The summed E-state index contributed by atoms with van der Waals surface area (Å²) in [5.41, 5.74) is 0.672. The molecule has 1 aliphatic heterocycles. The van der Waals surface area contributed by atoms with Crippen molar-refractivity contribution in [2.75, 3.05) is 18.5 Å². The van der Waals surface area contributed by atoms with Crippen LogP contribution in [0.2, 0.25) is 0 Å². The van der Waals surface area contributed by atoms with E-state index in [1.54, 1.807) is 24.0 Å². The van der Waals surface area contributed by atoms with E-state index >= 15 is 0 Å². The molecule has 11 heteroatoms. The number of hydrogen-bond acceptors (Lipinski definition) is 6. The van der Waals surface area contributed by atoms with Crippen LogP contribution < -0.4 is 10.1 Å². The van der Waals surface area contributed by atoms with Crippen molar-refractivity contribution in [2.24, 2.45) is 11.8 Å². The van der Waals surface area contributed by atoms with Gasteiger partial charge in [-0.3, -0.25) is 14.9 Å². The molecule has 8 nitrogen and oxygen atoms in total. The minimum Gasteiger partial charge on any atom is -0.489 e. The standard InChI is InChI=1S/C23H27F3N4O4/c1-14-12-34-22(28-14)29-20(31)19-18(5-2-10-27-19)33-13-17-4-3-11-30(17)21(32)15-6-8-16(9-7-15)23(24,25)26/h2,5,10,12,15-17H,3-4,6-9,11,13H2,1H3,(H,28,29,31). The topological polar surface area (TPSA) is 97.6 Å². The summed E-state index contributed by atoms with van der Waals surface area (Å²) in [4.78, 5) is 35.5. The highest BCUT2D eigenvalue weighted by molar-refractivity contribution is 6.03. The van der Waals surface area contributed by atoms with Gasteiger partial charge in [-0.25, -0.2) is 4.98 Å². The first-order valence-electron chi connectivity index (χ1n) is 11.4. The second kappa shape index (κ2) is 10.0. The van der Waals surface area contributed by atoms with Crippen molar-refractivity contribution in [3.8, 4) is 5.75 Å². The predicted octanol–water partition coefficient (Wildman–Crippen LogP) is 4.37. The molecule has 1 aliphatic carbocycles. The number of hydrogen-bond donors (Lipinski definition) is 1. The van der Waals surface area contributed by atoms with Gasteiger partial charge in [0, 0.05) is 18.7 Å². The van der Waals surface area contributed by atoms with E-state index in [4.69, 9.17) is 9.15 Å². The van der Waals surface area contributed by atoms with Gasteiger partial charge in [0.1, 0.15) is 12.9 Å². The van der Waals surface area contributed by atoms with E-state index in [2.05, 4.69) is 15.3 Å². The Kier molecular flexibility index (Phi) is 7.08. The molecule has 2 aromatic rings. The minimum absolute atomic E-state index is 0.00683. The van der Waals surface area contributed by atoms with Gasteiger partial charge in [0.25, 0.3) is 5.91 Å². The van der Waals surface area contributed by atoms with Crippen LogP contribution in [-0.4, -0.2) is 52.1 Å². The van der Waals surface area contributed by atoms with Gasteiger partial charge in [0.15, 0.2) is 11.4 Å². The Morgan fingerprint density at radius 3 is 2.68 bits per heavy atom. The lowest BCUT2D eigenvalue weighted by atomic mass is 9.81. The number of aryl methyl sites for hydroxylation is 1. The van der Waals surface area contributed by atoms with E-state index in [-0.39, 0.29) is 67.6 Å². The third-order valence-electron chi connectivity index (χ3n) is 6.46. The van der Waals surface area contributed by atoms with E-state index in [1.807, 2.05) is 0 Å². The molecule has 1 atom stereocenters. The molecule has 0 aromatic carbocycles. The SMILES string of the molecule is Cc1coc(NC(=O)c2ncccc2OCC2CCCN2C(=O)C2CCC(C(F)(F)F)CC2)n1. The van der Waals surface area contributed by atoms with Crippen LogP contribution >= 0.6 is 0 Å². The minimum atomic E-state index is -4.20. The lowest BCUT2D eigenvalue weighted by molar-refractivity contribution is -0.185. The van der Waals surface area contributed by atoms with Crippen LogP contribution in [-0.2, 0) is 4.79 Å². The fourth-order valence-corrected chi connectivity index (χ4v) is 4.63. The summed E-state index contributed by atoms with van der Waals surface area (Å²) in [5, 5.41) is 2.53. The number of halogens is 3. The Bertz CT molecular complexity index is 1020. The van der Waals surface area contributed by atoms with Crippen molar-refractivity contribution in [1.29, 1.82) is 0 Å². The molecular weight excluding hydrogens is 453 g/mol. The summed E-state index contributed by atoms with van der Waals surface area (Å²) < 4.78 is 49.9. The Labute approximate surface area is 194 Å². The molecule has 1 saturated heterocycles. The van der Waals surface area contributed by atoms with Gasteiger partial charge < -0.3 is 14.1 Å². The van der Waals surface area contributed by atoms with Gasteiger partial charge in [-0.1, -0.05) is 0 Å². The molecule has 3 heterocycles. The molecular formula is C23H27F3N4O4. The van der Waals surface area contributed by atoms with Crippen molar-refractivity contribution in [3.63, 3.8) is 0 Å². The zero-order valence-electron chi connectivity index (χ0n) is 18.8. The van der Waals surface area contributed by atoms with Crippen LogP contribution in [0.25, 0.3) is 0 Å². The fourth-order valence-electron chi connectivity index (χ4n) is 4.63. The molecule has 2 amide bonds. The van der Waals surface area contributed by atoms with Crippen molar-refractivity contribution >= 4 is 17.8 Å². The molecule has 2 aliphatic rings. The van der Waals surface area contributed by atoms with E-state index in [1.165, 1.54) is 12.5 Å². The van der Waals surface area contributed by atoms with Gasteiger partial charge in [-0.2, -0.15) is 18.2 Å². The van der Waals surface area contributed by atoms with Crippen molar-refractivity contribution in [2.45, 2.75) is 57.7 Å². The Morgan fingerprint density at radius 1 is 1.24 bits per heavy atom. The van der Waals surface area contributed by atoms with Crippen LogP contribution in [0.3, 0.4) is 0 Å². The normalized spacial score (nSPS) is 23.1. The maximum absolute atomic E-state index is 13.1. The maximum Gasteiger partial charge on any atom is 0.391 e. The highest BCUT2D eigenvalue weighted by Gasteiger charge is 2.44. The highest BCUT2D eigenvalue weighted by Crippen LogP contribution is 2.40. The first-order valence-corrected chi connectivity index (χ1v) is 11.4. The summed E-state index contributed by atoms with van der Waals surface area (Å²) in [5.74, 6) is -2.09. The van der Waals surface area contributed by atoms with Gasteiger partial charge in [0.2, 0.25) is 5.91 Å². The number of anilines is 1. The van der Waals surface area contributed by atoms with Crippen LogP contribution in [0, 0.1) is 18.8 Å². The van der Waals surface area contributed by atoms with Gasteiger partial charge in [-0.15, -0.1) is 0 Å². The Hall–Kier alpha value is -3.11. The number of rotatable bonds is 6. The van der Waals surface area contributed by atoms with E-state index in [9.17, 15) is 22.8 Å². The fraction of sp³-hybridized carbons (Fsp3) is 0.565. The molecule has 34 heavy (non-hydrogen) atoms. The summed E-state index contributed by atoms with van der Waals surface area (Å²) in [6.07, 6.45) is 0.680. The smallest absolute Gasteiger partial charge is 0.391 e. The number of carbonyl (C=O) groups is 2. The molecule has 0 radical (unpaired) electrons.